The average molecular weight is 253 g/mol. The molecule has 0 aromatic rings. The normalized spacial score (nSPS) is 31.4. The molecule has 0 aromatic carbocycles. The summed E-state index contributed by atoms with van der Waals surface area (Å²) in [6.07, 6.45) is 4.57. The zero-order valence-electron chi connectivity index (χ0n) is 11.3. The standard InChI is InChI=1S/C14H23NO3/c1-3-14(4-2)8-12(17)15(13(14)18)11-7-5-6-10(11)9-16/h10-11,16H,3-9H2,1-2H3. The predicted molar refractivity (Wildman–Crippen MR) is 67.7 cm³/mol. The van der Waals surface area contributed by atoms with E-state index < -0.39 is 5.41 Å². The Morgan fingerprint density at radius 3 is 2.44 bits per heavy atom. The van der Waals surface area contributed by atoms with Crippen molar-refractivity contribution in [2.75, 3.05) is 6.61 Å². The van der Waals surface area contributed by atoms with Gasteiger partial charge in [-0.25, -0.2) is 0 Å². The molecule has 2 rings (SSSR count). The van der Waals surface area contributed by atoms with Gasteiger partial charge in [-0.05, 0) is 25.7 Å². The van der Waals surface area contributed by atoms with Gasteiger partial charge in [0.2, 0.25) is 11.8 Å². The molecule has 0 aromatic heterocycles. The molecule has 2 fully saturated rings. The van der Waals surface area contributed by atoms with Crippen molar-refractivity contribution in [3.8, 4) is 0 Å². The third kappa shape index (κ3) is 1.87. The minimum absolute atomic E-state index is 0.00264. The predicted octanol–water partition coefficient (Wildman–Crippen LogP) is 1.71. The van der Waals surface area contributed by atoms with Crippen LogP contribution in [0.25, 0.3) is 0 Å². The third-order valence-electron chi connectivity index (χ3n) is 4.97. The Labute approximate surface area is 108 Å². The van der Waals surface area contributed by atoms with E-state index in [-0.39, 0.29) is 30.4 Å². The van der Waals surface area contributed by atoms with Crippen LogP contribution >= 0.6 is 0 Å². The van der Waals surface area contributed by atoms with Crippen molar-refractivity contribution in [1.29, 1.82) is 0 Å². The van der Waals surface area contributed by atoms with E-state index in [0.717, 1.165) is 32.1 Å². The maximum Gasteiger partial charge on any atom is 0.236 e. The second kappa shape index (κ2) is 5.00. The molecule has 1 saturated carbocycles. The number of hydrogen-bond donors (Lipinski definition) is 1. The van der Waals surface area contributed by atoms with Crippen LogP contribution in [0.1, 0.15) is 52.4 Å². The summed E-state index contributed by atoms with van der Waals surface area (Å²) in [5.74, 6) is 0.0549. The largest absolute Gasteiger partial charge is 0.396 e. The van der Waals surface area contributed by atoms with E-state index in [9.17, 15) is 14.7 Å². The zero-order valence-corrected chi connectivity index (χ0v) is 11.3. The highest BCUT2D eigenvalue weighted by Gasteiger charge is 2.52. The van der Waals surface area contributed by atoms with E-state index in [1.165, 1.54) is 4.90 Å². The number of aliphatic hydroxyl groups is 1. The molecule has 1 aliphatic carbocycles. The van der Waals surface area contributed by atoms with Crippen LogP contribution in [0.4, 0.5) is 0 Å². The lowest BCUT2D eigenvalue weighted by atomic mass is 9.81. The Hall–Kier alpha value is -0.900. The van der Waals surface area contributed by atoms with Crippen LogP contribution in [0.2, 0.25) is 0 Å². The van der Waals surface area contributed by atoms with Crippen LogP contribution in [-0.4, -0.2) is 34.5 Å². The maximum atomic E-state index is 12.6. The first-order valence-electron chi connectivity index (χ1n) is 7.07. The number of carbonyl (C=O) groups is 2. The molecular weight excluding hydrogens is 230 g/mol. The van der Waals surface area contributed by atoms with Crippen LogP contribution in [-0.2, 0) is 9.59 Å². The molecule has 1 heterocycles. The lowest BCUT2D eigenvalue weighted by molar-refractivity contribution is -0.145. The number of imide groups is 1. The number of carbonyl (C=O) groups excluding carboxylic acids is 2. The Bertz CT molecular complexity index is 349. The summed E-state index contributed by atoms with van der Waals surface area (Å²) in [5, 5.41) is 9.36. The number of nitrogens with zero attached hydrogens (tertiary/aromatic N) is 1. The molecule has 0 bridgehead atoms. The Morgan fingerprint density at radius 2 is 1.94 bits per heavy atom. The Kier molecular flexibility index (Phi) is 3.76. The summed E-state index contributed by atoms with van der Waals surface area (Å²) >= 11 is 0. The molecule has 102 valence electrons. The molecule has 2 aliphatic rings. The lowest BCUT2D eigenvalue weighted by Crippen LogP contribution is -2.45. The summed E-state index contributed by atoms with van der Waals surface area (Å²) in [6, 6.07) is -0.0602. The summed E-state index contributed by atoms with van der Waals surface area (Å²) in [5.41, 5.74) is -0.473. The fourth-order valence-electron chi connectivity index (χ4n) is 3.53. The van der Waals surface area contributed by atoms with E-state index in [2.05, 4.69) is 0 Å². The second-order valence-electron chi connectivity index (χ2n) is 5.67. The van der Waals surface area contributed by atoms with Crippen molar-refractivity contribution in [2.45, 2.75) is 58.4 Å². The first kappa shape index (κ1) is 13.5. The molecule has 2 atom stereocenters. The Morgan fingerprint density at radius 1 is 1.28 bits per heavy atom. The summed E-state index contributed by atoms with van der Waals surface area (Å²) in [7, 11) is 0. The van der Waals surface area contributed by atoms with Gasteiger partial charge in [0.05, 0.1) is 5.41 Å². The first-order chi connectivity index (χ1) is 8.59. The van der Waals surface area contributed by atoms with E-state index in [1.807, 2.05) is 13.8 Å². The van der Waals surface area contributed by atoms with Crippen molar-refractivity contribution < 1.29 is 14.7 Å². The topological polar surface area (TPSA) is 57.6 Å². The molecule has 1 aliphatic heterocycles. The molecule has 4 heteroatoms. The fourth-order valence-corrected chi connectivity index (χ4v) is 3.53. The van der Waals surface area contributed by atoms with Crippen molar-refractivity contribution >= 4 is 11.8 Å². The smallest absolute Gasteiger partial charge is 0.236 e. The van der Waals surface area contributed by atoms with Crippen LogP contribution in [0.3, 0.4) is 0 Å². The molecule has 2 unspecified atom stereocenters. The molecular formula is C14H23NO3. The number of rotatable bonds is 4. The van der Waals surface area contributed by atoms with Gasteiger partial charge in [-0.2, -0.15) is 0 Å². The van der Waals surface area contributed by atoms with Gasteiger partial charge < -0.3 is 5.11 Å². The number of amides is 2. The van der Waals surface area contributed by atoms with Crippen molar-refractivity contribution in [2.24, 2.45) is 11.3 Å². The molecule has 1 saturated heterocycles. The SMILES string of the molecule is CCC1(CC)CC(=O)N(C2CCCC2CO)C1=O. The summed E-state index contributed by atoms with van der Waals surface area (Å²) in [4.78, 5) is 26.2. The quantitative estimate of drug-likeness (QED) is 0.776. The Balaban J connectivity index is 2.24. The maximum absolute atomic E-state index is 12.6. The minimum atomic E-state index is -0.473. The van der Waals surface area contributed by atoms with Gasteiger partial charge in [0.1, 0.15) is 0 Å². The molecule has 0 radical (unpaired) electrons. The van der Waals surface area contributed by atoms with Gasteiger partial charge in [-0.3, -0.25) is 14.5 Å². The van der Waals surface area contributed by atoms with Gasteiger partial charge in [0.25, 0.3) is 0 Å². The van der Waals surface area contributed by atoms with Gasteiger partial charge >= 0.3 is 0 Å². The highest BCUT2D eigenvalue weighted by Crippen LogP contribution is 2.43. The monoisotopic (exact) mass is 253 g/mol. The van der Waals surface area contributed by atoms with Gasteiger partial charge in [-0.15, -0.1) is 0 Å². The lowest BCUT2D eigenvalue weighted by Gasteiger charge is -2.30. The van der Waals surface area contributed by atoms with Crippen LogP contribution in [0, 0.1) is 11.3 Å². The summed E-state index contributed by atoms with van der Waals surface area (Å²) in [6.45, 7) is 4.04. The number of aliphatic hydroxyl groups excluding tert-OH is 1. The van der Waals surface area contributed by atoms with Crippen molar-refractivity contribution in [3.05, 3.63) is 0 Å². The van der Waals surface area contributed by atoms with Crippen molar-refractivity contribution in [3.63, 3.8) is 0 Å². The van der Waals surface area contributed by atoms with E-state index in [1.54, 1.807) is 0 Å². The highest BCUT2D eigenvalue weighted by atomic mass is 16.3. The first-order valence-corrected chi connectivity index (χ1v) is 7.07. The van der Waals surface area contributed by atoms with Gasteiger partial charge in [0.15, 0.2) is 0 Å². The molecule has 1 N–H and O–H groups in total. The van der Waals surface area contributed by atoms with Crippen LogP contribution in [0.5, 0.6) is 0 Å². The highest BCUT2D eigenvalue weighted by molar-refractivity contribution is 6.06. The number of likely N-dealkylation sites (tertiary alicyclic amines) is 1. The van der Waals surface area contributed by atoms with E-state index in [0.29, 0.717) is 6.42 Å². The van der Waals surface area contributed by atoms with E-state index >= 15 is 0 Å². The molecule has 0 spiro atoms. The van der Waals surface area contributed by atoms with Crippen LogP contribution < -0.4 is 0 Å². The third-order valence-corrected chi connectivity index (χ3v) is 4.97. The van der Waals surface area contributed by atoms with Crippen LogP contribution in [0.15, 0.2) is 0 Å². The van der Waals surface area contributed by atoms with E-state index in [4.69, 9.17) is 0 Å². The van der Waals surface area contributed by atoms with Crippen molar-refractivity contribution in [1.82, 2.24) is 4.90 Å². The fraction of sp³-hybridized carbons (Fsp3) is 0.857. The molecule has 4 nitrogen and oxygen atoms in total. The minimum Gasteiger partial charge on any atom is -0.396 e. The van der Waals surface area contributed by atoms with Gasteiger partial charge in [0, 0.05) is 25.0 Å². The summed E-state index contributed by atoms with van der Waals surface area (Å²) < 4.78 is 0. The van der Waals surface area contributed by atoms with Gasteiger partial charge in [-0.1, -0.05) is 20.3 Å². The zero-order chi connectivity index (χ0) is 13.3. The average Bonchev–Trinajstić information content (AvgIpc) is 2.92. The second-order valence-corrected chi connectivity index (χ2v) is 5.67. The number of hydrogen-bond acceptors (Lipinski definition) is 3. The molecule has 2 amide bonds. The molecule has 18 heavy (non-hydrogen) atoms.